The van der Waals surface area contributed by atoms with Crippen molar-refractivity contribution in [3.8, 4) is 0 Å². The number of likely N-dealkylation sites (tertiary alicyclic amines) is 1. The van der Waals surface area contributed by atoms with E-state index in [9.17, 15) is 22.8 Å². The van der Waals surface area contributed by atoms with Crippen LogP contribution in [0.2, 0.25) is 0 Å². The quantitative estimate of drug-likeness (QED) is 0.491. The Morgan fingerprint density at radius 1 is 1.14 bits per heavy atom. The van der Waals surface area contributed by atoms with Gasteiger partial charge in [-0.3, -0.25) is 14.6 Å². The Kier molecular flexibility index (Phi) is 8.16. The number of carbonyl (C=O) groups is 2. The average Bonchev–Trinajstić information content (AvgIpc) is 3.04. The van der Waals surface area contributed by atoms with E-state index in [1.807, 2.05) is 20.8 Å². The van der Waals surface area contributed by atoms with Crippen LogP contribution in [0.4, 0.5) is 18.0 Å². The van der Waals surface area contributed by atoms with E-state index in [0.29, 0.717) is 24.2 Å². The van der Waals surface area contributed by atoms with Crippen molar-refractivity contribution in [3.63, 3.8) is 0 Å². The molecule has 2 fully saturated rings. The van der Waals surface area contributed by atoms with Crippen LogP contribution in [0.15, 0.2) is 35.5 Å². The number of halogens is 3. The van der Waals surface area contributed by atoms with Crippen molar-refractivity contribution in [2.24, 2.45) is 0 Å². The van der Waals surface area contributed by atoms with E-state index in [1.54, 1.807) is 11.8 Å². The molecule has 0 aromatic rings. The number of alkyl halides is 3. The molecule has 36 heavy (non-hydrogen) atoms. The third-order valence-electron chi connectivity index (χ3n) is 7.75. The maximum absolute atomic E-state index is 12.9. The molecule has 1 amide bonds. The summed E-state index contributed by atoms with van der Waals surface area (Å²) in [6.45, 7) is 18.3. The van der Waals surface area contributed by atoms with Crippen LogP contribution in [0, 0.1) is 0 Å². The van der Waals surface area contributed by atoms with Crippen molar-refractivity contribution >= 4 is 11.9 Å². The van der Waals surface area contributed by atoms with Gasteiger partial charge in [0.1, 0.15) is 5.60 Å². The molecule has 3 rings (SSSR count). The Morgan fingerprint density at radius 3 is 2.28 bits per heavy atom. The van der Waals surface area contributed by atoms with Gasteiger partial charge in [0.05, 0.1) is 0 Å². The maximum atomic E-state index is 12.9. The molecule has 0 aromatic carbocycles. The third-order valence-corrected chi connectivity index (χ3v) is 7.75. The van der Waals surface area contributed by atoms with E-state index in [2.05, 4.69) is 30.2 Å². The Morgan fingerprint density at radius 2 is 1.75 bits per heavy atom. The van der Waals surface area contributed by atoms with Crippen LogP contribution >= 0.6 is 0 Å². The molecule has 0 aromatic heterocycles. The molecule has 2 saturated heterocycles. The molecular weight excluding hydrogens is 471 g/mol. The van der Waals surface area contributed by atoms with Gasteiger partial charge in [-0.25, -0.2) is 4.79 Å². The first kappa shape index (κ1) is 28.4. The maximum Gasteiger partial charge on any atom is 0.415 e. The summed E-state index contributed by atoms with van der Waals surface area (Å²) in [5, 5.41) is 0. The molecule has 0 saturated carbocycles. The van der Waals surface area contributed by atoms with Crippen molar-refractivity contribution in [2.45, 2.75) is 90.2 Å². The Labute approximate surface area is 212 Å². The lowest BCUT2D eigenvalue weighted by atomic mass is 9.86. The summed E-state index contributed by atoms with van der Waals surface area (Å²) in [7, 11) is 0. The molecule has 2 atom stereocenters. The van der Waals surface area contributed by atoms with Crippen molar-refractivity contribution < 1.29 is 27.5 Å². The molecular formula is C27H40F3N3O3. The highest BCUT2D eigenvalue weighted by molar-refractivity contribution is 6.00. The number of hydrogen-bond acceptors (Lipinski definition) is 5. The fourth-order valence-corrected chi connectivity index (χ4v) is 5.41. The highest BCUT2D eigenvalue weighted by Gasteiger charge is 2.43. The number of amides is 1. The Bertz CT molecular complexity index is 940. The first-order chi connectivity index (χ1) is 16.5. The summed E-state index contributed by atoms with van der Waals surface area (Å²) in [5.41, 5.74) is -0.315. The number of piperazine rings is 1. The summed E-state index contributed by atoms with van der Waals surface area (Å²) < 4.78 is 44.3. The molecule has 6 nitrogen and oxygen atoms in total. The van der Waals surface area contributed by atoms with Crippen LogP contribution in [-0.4, -0.2) is 88.7 Å². The predicted molar refractivity (Wildman–Crippen MR) is 134 cm³/mol. The summed E-state index contributed by atoms with van der Waals surface area (Å²) in [6, 6.07) is -0.105. The van der Waals surface area contributed by atoms with Crippen LogP contribution in [-0.2, 0) is 9.53 Å². The number of ether oxygens (including phenoxy) is 1. The number of carbonyl (C=O) groups excluding carboxylic acids is 2. The topological polar surface area (TPSA) is 53.1 Å². The highest BCUT2D eigenvalue weighted by Crippen LogP contribution is 2.36. The number of ketones is 1. The number of rotatable bonds is 4. The monoisotopic (exact) mass is 511 g/mol. The number of piperidine rings is 1. The zero-order valence-corrected chi connectivity index (χ0v) is 22.4. The zero-order valence-electron chi connectivity index (χ0n) is 22.4. The average molecular weight is 512 g/mol. The van der Waals surface area contributed by atoms with E-state index in [1.165, 1.54) is 6.08 Å². The minimum Gasteiger partial charge on any atom is -0.444 e. The van der Waals surface area contributed by atoms with Gasteiger partial charge in [-0.05, 0) is 65.5 Å². The first-order valence-electron chi connectivity index (χ1n) is 12.7. The van der Waals surface area contributed by atoms with Gasteiger partial charge in [-0.1, -0.05) is 18.7 Å². The van der Waals surface area contributed by atoms with Crippen molar-refractivity contribution in [1.82, 2.24) is 14.7 Å². The van der Waals surface area contributed by atoms with Gasteiger partial charge in [0.2, 0.25) is 0 Å². The van der Waals surface area contributed by atoms with Gasteiger partial charge in [0.25, 0.3) is 0 Å². The van der Waals surface area contributed by atoms with Crippen molar-refractivity contribution in [3.05, 3.63) is 35.5 Å². The molecule has 2 unspecified atom stereocenters. The lowest BCUT2D eigenvalue weighted by Gasteiger charge is -2.52. The second-order valence-corrected chi connectivity index (χ2v) is 11.6. The van der Waals surface area contributed by atoms with Gasteiger partial charge < -0.3 is 9.64 Å². The molecule has 2 aliphatic heterocycles. The second kappa shape index (κ2) is 10.3. The number of allylic oxidation sites excluding steroid dienone is 3. The highest BCUT2D eigenvalue weighted by atomic mass is 19.4. The first-order valence-corrected chi connectivity index (χ1v) is 12.7. The molecule has 9 heteroatoms. The van der Waals surface area contributed by atoms with Crippen LogP contribution in [0.5, 0.6) is 0 Å². The molecule has 0 bridgehead atoms. The number of Topliss-reactive ketones (excluding diaryl/α,β-unsaturated/α-hetero) is 1. The minimum absolute atomic E-state index is 0.0200. The van der Waals surface area contributed by atoms with E-state index < -0.39 is 17.4 Å². The van der Waals surface area contributed by atoms with Gasteiger partial charge in [0, 0.05) is 62.3 Å². The summed E-state index contributed by atoms with van der Waals surface area (Å²) in [4.78, 5) is 31.5. The second-order valence-electron chi connectivity index (χ2n) is 11.6. The molecule has 202 valence electrons. The largest absolute Gasteiger partial charge is 0.444 e. The molecule has 0 N–H and O–H groups in total. The number of hydrogen-bond donors (Lipinski definition) is 0. The number of nitrogens with zero attached hydrogens (tertiary/aromatic N) is 3. The van der Waals surface area contributed by atoms with E-state index in [-0.39, 0.29) is 35.9 Å². The van der Waals surface area contributed by atoms with Gasteiger partial charge in [0.15, 0.2) is 5.78 Å². The van der Waals surface area contributed by atoms with Crippen molar-refractivity contribution in [1.29, 1.82) is 0 Å². The summed E-state index contributed by atoms with van der Waals surface area (Å²) in [5.74, 6) is -0.0200. The van der Waals surface area contributed by atoms with Crippen LogP contribution < -0.4 is 0 Å². The Balaban J connectivity index is 1.64. The lowest BCUT2D eigenvalue weighted by Crippen LogP contribution is -2.63. The van der Waals surface area contributed by atoms with E-state index in [0.717, 1.165) is 38.6 Å². The van der Waals surface area contributed by atoms with Crippen molar-refractivity contribution in [2.75, 3.05) is 32.7 Å². The van der Waals surface area contributed by atoms with Crippen LogP contribution in [0.25, 0.3) is 0 Å². The molecule has 3 aliphatic rings. The van der Waals surface area contributed by atoms with Gasteiger partial charge in [-0.2, -0.15) is 13.2 Å². The van der Waals surface area contributed by atoms with Gasteiger partial charge in [-0.15, -0.1) is 0 Å². The molecule has 0 radical (unpaired) electrons. The van der Waals surface area contributed by atoms with E-state index in [4.69, 9.17) is 4.74 Å². The Hall–Kier alpha value is -2.13. The zero-order chi connectivity index (χ0) is 27.1. The molecule has 2 heterocycles. The van der Waals surface area contributed by atoms with E-state index >= 15 is 0 Å². The molecule has 0 spiro atoms. The van der Waals surface area contributed by atoms with Crippen LogP contribution in [0.1, 0.15) is 60.8 Å². The lowest BCUT2D eigenvalue weighted by molar-refractivity contribution is -0.116. The molecule has 1 aliphatic carbocycles. The minimum atomic E-state index is -4.49. The predicted octanol–water partition coefficient (Wildman–Crippen LogP) is 5.11. The summed E-state index contributed by atoms with van der Waals surface area (Å²) in [6.07, 6.45) is -0.392. The smallest absolute Gasteiger partial charge is 0.415 e. The SMILES string of the molecule is C=C(/C=C\C1=C(C)C(=O)CC1N1CCN(C2(C)CCN(C(=O)OC(C)(C)C)CC2)CC1C)C(F)(F)F. The van der Waals surface area contributed by atoms with Crippen LogP contribution in [0.3, 0.4) is 0 Å². The fourth-order valence-electron chi connectivity index (χ4n) is 5.41. The van der Waals surface area contributed by atoms with Gasteiger partial charge >= 0.3 is 12.3 Å². The fraction of sp³-hybridized carbons (Fsp3) is 0.704. The normalized spacial score (nSPS) is 26.7. The standard InChI is InChI=1S/C27H40F3N3O3/c1-18(27(28,29)30)8-9-21-20(3)23(34)16-22(21)33-15-14-32(17-19(33)2)26(7)10-12-31(13-11-26)24(35)36-25(4,5)6/h8-9,19,22H,1,10-17H2,2-7H3/b9-8-. The third kappa shape index (κ3) is 6.40. The summed E-state index contributed by atoms with van der Waals surface area (Å²) >= 11 is 0.